The molecule has 3 rings (SSSR count). The first kappa shape index (κ1) is 17.2. The minimum atomic E-state index is -2.60. The zero-order chi connectivity index (χ0) is 17.1. The predicted octanol–water partition coefficient (Wildman–Crippen LogP) is 4.22. The van der Waals surface area contributed by atoms with Crippen LogP contribution in [0.1, 0.15) is 12.4 Å². The van der Waals surface area contributed by atoms with Crippen molar-refractivity contribution in [3.63, 3.8) is 0 Å². The third-order valence-corrected chi connectivity index (χ3v) is 4.69. The molecular weight excluding hydrogens is 358 g/mol. The molecule has 0 aliphatic carbocycles. The number of alkyl halides is 2. The topological polar surface area (TPSA) is 44.9 Å². The van der Waals surface area contributed by atoms with E-state index in [1.807, 2.05) is 10.6 Å². The first-order chi connectivity index (χ1) is 11.6. The van der Waals surface area contributed by atoms with Gasteiger partial charge in [0.2, 0.25) is 0 Å². The zero-order valence-corrected chi connectivity index (χ0v) is 14.4. The second-order valence-corrected chi connectivity index (χ2v) is 6.37. The first-order valence-electron chi connectivity index (χ1n) is 7.17. The van der Waals surface area contributed by atoms with Crippen molar-refractivity contribution in [1.29, 1.82) is 0 Å². The second-order valence-electron chi connectivity index (χ2n) is 4.99. The molecule has 0 fully saturated rings. The van der Waals surface area contributed by atoms with Crippen LogP contribution >= 0.6 is 23.4 Å². The summed E-state index contributed by atoms with van der Waals surface area (Å²) >= 11 is 7.38. The molecule has 0 amide bonds. The van der Waals surface area contributed by atoms with Crippen molar-refractivity contribution in [2.24, 2.45) is 0 Å². The summed E-state index contributed by atoms with van der Waals surface area (Å²) in [5.41, 5.74) is 1.69. The van der Waals surface area contributed by atoms with Gasteiger partial charge in [0.15, 0.2) is 5.16 Å². The van der Waals surface area contributed by atoms with Crippen molar-refractivity contribution in [2.75, 3.05) is 13.7 Å². The van der Waals surface area contributed by atoms with E-state index >= 15 is 0 Å². The summed E-state index contributed by atoms with van der Waals surface area (Å²) in [7, 11) is 1.63. The molecule has 0 unspecified atom stereocenters. The zero-order valence-electron chi connectivity index (χ0n) is 12.8. The van der Waals surface area contributed by atoms with Gasteiger partial charge in [-0.15, -0.1) is 0 Å². The number of imidazole rings is 2. The van der Waals surface area contributed by atoms with E-state index in [2.05, 4.69) is 9.97 Å². The highest BCUT2D eigenvalue weighted by atomic mass is 35.5. The van der Waals surface area contributed by atoms with Gasteiger partial charge in [0.25, 0.3) is 0 Å². The summed E-state index contributed by atoms with van der Waals surface area (Å²) in [4.78, 5) is 8.55. The van der Waals surface area contributed by atoms with Gasteiger partial charge in [-0.3, -0.25) is 4.57 Å². The molecule has 0 aliphatic heterocycles. The maximum atomic E-state index is 12.9. The van der Waals surface area contributed by atoms with Crippen molar-refractivity contribution < 1.29 is 13.5 Å². The molecule has 0 aliphatic rings. The van der Waals surface area contributed by atoms with Crippen LogP contribution in [0, 0.1) is 0 Å². The van der Waals surface area contributed by atoms with Crippen LogP contribution < -0.4 is 0 Å². The minimum absolute atomic E-state index is 0.293. The fourth-order valence-electron chi connectivity index (χ4n) is 2.35. The fourth-order valence-corrected chi connectivity index (χ4v) is 3.51. The molecule has 128 valence electrons. The molecule has 3 aromatic rings. The maximum absolute atomic E-state index is 12.9. The molecule has 0 bridgehead atoms. The lowest BCUT2D eigenvalue weighted by atomic mass is 10.3. The minimum Gasteiger partial charge on any atom is -0.383 e. The number of ether oxygens (including phenoxy) is 1. The number of halogens is 3. The SMILES string of the molecule is COCCn1c(SCc2nccn2C(F)F)nc2cc(Cl)ccc21. The Balaban J connectivity index is 1.88. The number of methoxy groups -OCH3 is 1. The van der Waals surface area contributed by atoms with Crippen molar-refractivity contribution in [2.45, 2.75) is 24.0 Å². The summed E-state index contributed by atoms with van der Waals surface area (Å²) in [5, 5.41) is 1.32. The molecule has 5 nitrogen and oxygen atoms in total. The van der Waals surface area contributed by atoms with Crippen LogP contribution in [0.4, 0.5) is 8.78 Å². The number of fused-ring (bicyclic) bond motifs is 1. The van der Waals surface area contributed by atoms with Crippen LogP contribution in [0.2, 0.25) is 5.02 Å². The highest BCUT2D eigenvalue weighted by Gasteiger charge is 2.15. The molecule has 1 aromatic carbocycles. The van der Waals surface area contributed by atoms with Gasteiger partial charge in [-0.1, -0.05) is 23.4 Å². The average molecular weight is 373 g/mol. The van der Waals surface area contributed by atoms with E-state index in [9.17, 15) is 8.78 Å². The molecule has 0 atom stereocenters. The van der Waals surface area contributed by atoms with Crippen LogP contribution in [-0.2, 0) is 17.0 Å². The Morgan fingerprint density at radius 3 is 2.96 bits per heavy atom. The van der Waals surface area contributed by atoms with E-state index < -0.39 is 6.55 Å². The average Bonchev–Trinajstić information content (AvgIpc) is 3.14. The van der Waals surface area contributed by atoms with Crippen LogP contribution in [0.25, 0.3) is 11.0 Å². The summed E-state index contributed by atoms with van der Waals surface area (Å²) in [5.74, 6) is 0.597. The van der Waals surface area contributed by atoms with Gasteiger partial charge in [0.1, 0.15) is 5.82 Å². The summed E-state index contributed by atoms with van der Waals surface area (Å²) in [6, 6.07) is 5.47. The quantitative estimate of drug-likeness (QED) is 0.582. The molecule has 0 radical (unpaired) electrons. The number of aromatic nitrogens is 4. The monoisotopic (exact) mass is 372 g/mol. The fraction of sp³-hybridized carbons (Fsp3) is 0.333. The van der Waals surface area contributed by atoms with Gasteiger partial charge in [-0.05, 0) is 18.2 Å². The van der Waals surface area contributed by atoms with Crippen molar-refractivity contribution in [1.82, 2.24) is 19.1 Å². The maximum Gasteiger partial charge on any atom is 0.319 e. The standard InChI is InChI=1S/C15H15ClF2N4OS/c1-23-7-6-21-12-3-2-10(16)8-11(12)20-15(21)24-9-13-19-4-5-22(13)14(17)18/h2-5,8,14H,6-7,9H2,1H3. The lowest BCUT2D eigenvalue weighted by Crippen LogP contribution is -2.06. The molecule has 0 spiro atoms. The summed E-state index contributed by atoms with van der Waals surface area (Å²) in [6.07, 6.45) is 2.64. The van der Waals surface area contributed by atoms with Crippen LogP contribution in [0.5, 0.6) is 0 Å². The Kier molecular flexibility index (Phi) is 5.37. The van der Waals surface area contributed by atoms with Gasteiger partial charge < -0.3 is 9.30 Å². The molecule has 2 heterocycles. The van der Waals surface area contributed by atoms with Crippen molar-refractivity contribution in [3.05, 3.63) is 41.4 Å². The summed E-state index contributed by atoms with van der Waals surface area (Å²) < 4.78 is 33.8. The number of nitrogens with zero attached hydrogens (tertiary/aromatic N) is 4. The second kappa shape index (κ2) is 7.50. The van der Waals surface area contributed by atoms with E-state index in [0.717, 1.165) is 15.6 Å². The predicted molar refractivity (Wildman–Crippen MR) is 89.7 cm³/mol. The van der Waals surface area contributed by atoms with Crippen LogP contribution in [0.15, 0.2) is 35.7 Å². The molecule has 24 heavy (non-hydrogen) atoms. The number of rotatable bonds is 7. The van der Waals surface area contributed by atoms with Gasteiger partial charge >= 0.3 is 6.55 Å². The van der Waals surface area contributed by atoms with Gasteiger partial charge in [-0.25, -0.2) is 9.97 Å². The Bertz CT molecular complexity index is 836. The van der Waals surface area contributed by atoms with E-state index in [4.69, 9.17) is 16.3 Å². The Morgan fingerprint density at radius 1 is 1.38 bits per heavy atom. The third-order valence-electron chi connectivity index (χ3n) is 3.48. The molecule has 0 saturated carbocycles. The first-order valence-corrected chi connectivity index (χ1v) is 8.54. The number of hydrogen-bond acceptors (Lipinski definition) is 4. The highest BCUT2D eigenvalue weighted by Crippen LogP contribution is 2.28. The van der Waals surface area contributed by atoms with E-state index in [1.165, 1.54) is 24.2 Å². The largest absolute Gasteiger partial charge is 0.383 e. The van der Waals surface area contributed by atoms with Gasteiger partial charge in [0, 0.05) is 31.1 Å². The Hall–Kier alpha value is -1.64. The van der Waals surface area contributed by atoms with E-state index in [0.29, 0.717) is 34.9 Å². The molecule has 0 N–H and O–H groups in total. The normalized spacial score (nSPS) is 11.7. The molecule has 0 saturated heterocycles. The number of benzene rings is 1. The van der Waals surface area contributed by atoms with E-state index in [-0.39, 0.29) is 0 Å². The number of hydrogen-bond donors (Lipinski definition) is 0. The number of thioether (sulfide) groups is 1. The van der Waals surface area contributed by atoms with Gasteiger partial charge in [-0.2, -0.15) is 8.78 Å². The lowest BCUT2D eigenvalue weighted by Gasteiger charge is -2.09. The highest BCUT2D eigenvalue weighted by molar-refractivity contribution is 7.98. The smallest absolute Gasteiger partial charge is 0.319 e. The molecular formula is C15H15ClF2N4OS. The lowest BCUT2D eigenvalue weighted by molar-refractivity contribution is 0.0678. The van der Waals surface area contributed by atoms with Crippen LogP contribution in [-0.4, -0.2) is 32.8 Å². The Labute approximate surface area is 146 Å². The van der Waals surface area contributed by atoms with Crippen LogP contribution in [0.3, 0.4) is 0 Å². The molecule has 2 aromatic heterocycles. The van der Waals surface area contributed by atoms with Gasteiger partial charge in [0.05, 0.1) is 23.4 Å². The Morgan fingerprint density at radius 2 is 2.21 bits per heavy atom. The summed E-state index contributed by atoms with van der Waals surface area (Å²) in [6.45, 7) is -1.47. The van der Waals surface area contributed by atoms with E-state index in [1.54, 1.807) is 19.2 Å². The van der Waals surface area contributed by atoms with Crippen molar-refractivity contribution in [3.8, 4) is 0 Å². The molecule has 9 heteroatoms. The third kappa shape index (κ3) is 3.55. The van der Waals surface area contributed by atoms with Crippen molar-refractivity contribution >= 4 is 34.4 Å².